The SMILES string of the molecule is O=C(O)c1cc(NS(=O)(=O)c2ccc(F)cc2)ccc1N1CCN(Cc2cccc(F)c2)CC1. The van der Waals surface area contributed by atoms with Crippen molar-refractivity contribution in [1.29, 1.82) is 0 Å². The lowest BCUT2D eigenvalue weighted by Gasteiger charge is -2.36. The number of nitrogens with one attached hydrogen (secondary N) is 1. The van der Waals surface area contributed by atoms with Crippen molar-refractivity contribution < 1.29 is 27.1 Å². The first-order chi connectivity index (χ1) is 16.2. The number of hydrogen-bond donors (Lipinski definition) is 2. The predicted molar refractivity (Wildman–Crippen MR) is 124 cm³/mol. The van der Waals surface area contributed by atoms with E-state index in [1.807, 2.05) is 11.0 Å². The fraction of sp³-hybridized carbons (Fsp3) is 0.208. The molecule has 1 aliphatic rings. The number of carboxylic acid groups (broad SMARTS) is 1. The van der Waals surface area contributed by atoms with Crippen molar-refractivity contribution in [1.82, 2.24) is 4.90 Å². The highest BCUT2D eigenvalue weighted by Crippen LogP contribution is 2.27. The molecule has 2 N–H and O–H groups in total. The number of halogens is 2. The van der Waals surface area contributed by atoms with E-state index >= 15 is 0 Å². The second kappa shape index (κ2) is 9.78. The van der Waals surface area contributed by atoms with E-state index in [9.17, 15) is 27.1 Å². The zero-order chi connectivity index (χ0) is 24.3. The summed E-state index contributed by atoms with van der Waals surface area (Å²) >= 11 is 0. The predicted octanol–water partition coefficient (Wildman–Crippen LogP) is 3.79. The van der Waals surface area contributed by atoms with E-state index in [-0.39, 0.29) is 22.0 Å². The number of benzene rings is 3. The van der Waals surface area contributed by atoms with Gasteiger partial charge < -0.3 is 10.0 Å². The Morgan fingerprint density at radius 1 is 0.912 bits per heavy atom. The minimum atomic E-state index is -4.01. The number of anilines is 2. The highest BCUT2D eigenvalue weighted by atomic mass is 32.2. The normalized spacial score (nSPS) is 14.7. The fourth-order valence-corrected chi connectivity index (χ4v) is 4.96. The lowest BCUT2D eigenvalue weighted by Crippen LogP contribution is -2.46. The highest BCUT2D eigenvalue weighted by molar-refractivity contribution is 7.92. The van der Waals surface area contributed by atoms with Gasteiger partial charge in [0.25, 0.3) is 10.0 Å². The van der Waals surface area contributed by atoms with Crippen molar-refractivity contribution in [3.05, 3.63) is 89.5 Å². The number of rotatable bonds is 7. The molecule has 0 bridgehead atoms. The summed E-state index contributed by atoms with van der Waals surface area (Å²) in [6.45, 7) is 3.05. The van der Waals surface area contributed by atoms with E-state index in [2.05, 4.69) is 9.62 Å². The Balaban J connectivity index is 1.47. The van der Waals surface area contributed by atoms with Crippen molar-refractivity contribution in [2.45, 2.75) is 11.4 Å². The van der Waals surface area contributed by atoms with Crippen LogP contribution in [0.5, 0.6) is 0 Å². The molecule has 7 nitrogen and oxygen atoms in total. The molecule has 3 aromatic rings. The van der Waals surface area contributed by atoms with Gasteiger partial charge in [0.15, 0.2) is 0 Å². The maximum Gasteiger partial charge on any atom is 0.337 e. The second-order valence-corrected chi connectivity index (χ2v) is 9.67. The van der Waals surface area contributed by atoms with Crippen LogP contribution in [0, 0.1) is 11.6 Å². The van der Waals surface area contributed by atoms with Crippen LogP contribution < -0.4 is 9.62 Å². The first-order valence-corrected chi connectivity index (χ1v) is 12.1. The minimum absolute atomic E-state index is 0.0297. The van der Waals surface area contributed by atoms with Crippen LogP contribution in [-0.2, 0) is 16.6 Å². The lowest BCUT2D eigenvalue weighted by atomic mass is 10.1. The van der Waals surface area contributed by atoms with Gasteiger partial charge >= 0.3 is 5.97 Å². The zero-order valence-electron chi connectivity index (χ0n) is 18.1. The molecular formula is C24H23F2N3O4S. The van der Waals surface area contributed by atoms with Crippen molar-refractivity contribution in [2.24, 2.45) is 0 Å². The number of aromatic carboxylic acids is 1. The first-order valence-electron chi connectivity index (χ1n) is 10.6. The standard InChI is InChI=1S/C24H23F2N3O4S/c25-18-4-7-21(8-5-18)34(32,33)27-20-6-9-23(22(15-20)24(30)31)29-12-10-28(11-13-29)16-17-2-1-3-19(26)14-17/h1-9,14-15,27H,10-13,16H2,(H,30,31). The molecule has 0 atom stereocenters. The highest BCUT2D eigenvalue weighted by Gasteiger charge is 2.23. The molecule has 10 heteroatoms. The van der Waals surface area contributed by atoms with Gasteiger partial charge in [0.2, 0.25) is 0 Å². The summed E-state index contributed by atoms with van der Waals surface area (Å²) in [5.74, 6) is -2.02. The minimum Gasteiger partial charge on any atom is -0.478 e. The van der Waals surface area contributed by atoms with Gasteiger partial charge in [0.05, 0.1) is 16.1 Å². The van der Waals surface area contributed by atoms with Crippen LogP contribution in [-0.4, -0.2) is 50.6 Å². The average Bonchev–Trinajstić information content (AvgIpc) is 2.80. The second-order valence-electron chi connectivity index (χ2n) is 7.99. The van der Waals surface area contributed by atoms with Gasteiger partial charge in [-0.25, -0.2) is 22.0 Å². The maximum atomic E-state index is 13.4. The molecular weight excluding hydrogens is 464 g/mol. The zero-order valence-corrected chi connectivity index (χ0v) is 18.9. The Bertz CT molecular complexity index is 1290. The van der Waals surface area contributed by atoms with Gasteiger partial charge in [-0.15, -0.1) is 0 Å². The molecule has 4 rings (SSSR count). The Hall–Kier alpha value is -3.50. The summed E-state index contributed by atoms with van der Waals surface area (Å²) < 4.78 is 54.0. The molecule has 1 fully saturated rings. The third-order valence-electron chi connectivity index (χ3n) is 5.61. The van der Waals surface area contributed by atoms with Crippen LogP contribution in [0.3, 0.4) is 0 Å². The van der Waals surface area contributed by atoms with Crippen LogP contribution in [0.2, 0.25) is 0 Å². The Kier molecular flexibility index (Phi) is 6.80. The summed E-state index contributed by atoms with van der Waals surface area (Å²) in [6, 6.07) is 15.1. The quantitative estimate of drug-likeness (QED) is 0.527. The van der Waals surface area contributed by atoms with Crippen LogP contribution in [0.1, 0.15) is 15.9 Å². The molecule has 1 aliphatic heterocycles. The van der Waals surface area contributed by atoms with Crippen LogP contribution >= 0.6 is 0 Å². The molecule has 0 aliphatic carbocycles. The summed E-state index contributed by atoms with van der Waals surface area (Å²) in [5.41, 5.74) is 1.42. The average molecular weight is 488 g/mol. The van der Waals surface area contributed by atoms with E-state index < -0.39 is 21.8 Å². The summed E-state index contributed by atoms with van der Waals surface area (Å²) in [4.78, 5) is 15.9. The van der Waals surface area contributed by atoms with Crippen molar-refractivity contribution in [3.63, 3.8) is 0 Å². The van der Waals surface area contributed by atoms with Gasteiger partial charge in [-0.3, -0.25) is 9.62 Å². The first kappa shape index (κ1) is 23.7. The molecule has 0 aromatic heterocycles. The molecule has 0 radical (unpaired) electrons. The molecule has 0 amide bonds. The van der Waals surface area contributed by atoms with Crippen LogP contribution in [0.4, 0.5) is 20.2 Å². The van der Waals surface area contributed by atoms with E-state index in [0.717, 1.165) is 29.8 Å². The van der Waals surface area contributed by atoms with Crippen LogP contribution in [0.15, 0.2) is 71.6 Å². The summed E-state index contributed by atoms with van der Waals surface area (Å²) in [5, 5.41) is 9.75. The molecule has 3 aromatic carbocycles. The summed E-state index contributed by atoms with van der Waals surface area (Å²) in [7, 11) is -4.01. The molecule has 178 valence electrons. The molecule has 0 unspecified atom stereocenters. The van der Waals surface area contributed by atoms with Gasteiger partial charge in [-0.05, 0) is 60.2 Å². The third-order valence-corrected chi connectivity index (χ3v) is 7.01. The van der Waals surface area contributed by atoms with E-state index in [1.165, 1.54) is 24.3 Å². The van der Waals surface area contributed by atoms with Crippen molar-refractivity contribution >= 4 is 27.4 Å². The number of piperazine rings is 1. The Morgan fingerprint density at radius 2 is 1.62 bits per heavy atom. The number of nitrogens with zero attached hydrogens (tertiary/aromatic N) is 2. The molecule has 0 saturated carbocycles. The molecule has 1 heterocycles. The van der Waals surface area contributed by atoms with Gasteiger partial charge in [0.1, 0.15) is 11.6 Å². The van der Waals surface area contributed by atoms with Gasteiger partial charge in [0, 0.05) is 38.4 Å². The number of carboxylic acids is 1. The van der Waals surface area contributed by atoms with E-state index in [4.69, 9.17) is 0 Å². The van der Waals surface area contributed by atoms with Crippen LogP contribution in [0.25, 0.3) is 0 Å². The number of carbonyl (C=O) groups is 1. The van der Waals surface area contributed by atoms with Gasteiger partial charge in [-0.1, -0.05) is 12.1 Å². The Morgan fingerprint density at radius 3 is 2.26 bits per heavy atom. The van der Waals surface area contributed by atoms with E-state index in [1.54, 1.807) is 12.1 Å². The molecule has 34 heavy (non-hydrogen) atoms. The maximum absolute atomic E-state index is 13.4. The molecule has 0 spiro atoms. The molecule has 1 saturated heterocycles. The third kappa shape index (κ3) is 5.52. The summed E-state index contributed by atoms with van der Waals surface area (Å²) in [6.07, 6.45) is 0. The van der Waals surface area contributed by atoms with Crippen molar-refractivity contribution in [3.8, 4) is 0 Å². The largest absolute Gasteiger partial charge is 0.478 e. The van der Waals surface area contributed by atoms with Crippen molar-refractivity contribution in [2.75, 3.05) is 35.8 Å². The smallest absolute Gasteiger partial charge is 0.337 e. The number of hydrogen-bond acceptors (Lipinski definition) is 5. The lowest BCUT2D eigenvalue weighted by molar-refractivity contribution is 0.0697. The monoisotopic (exact) mass is 487 g/mol. The van der Waals surface area contributed by atoms with Gasteiger partial charge in [-0.2, -0.15) is 0 Å². The topological polar surface area (TPSA) is 89.9 Å². The fourth-order valence-electron chi connectivity index (χ4n) is 3.91. The Labute approximate surface area is 196 Å². The van der Waals surface area contributed by atoms with E-state index in [0.29, 0.717) is 38.4 Å². The number of sulfonamides is 1.